The molecule has 0 spiro atoms. The van der Waals surface area contributed by atoms with Crippen LogP contribution >= 0.6 is 0 Å². The van der Waals surface area contributed by atoms with Gasteiger partial charge >= 0.3 is 0 Å². The number of ether oxygens (including phenoxy) is 3. The van der Waals surface area contributed by atoms with Crippen LogP contribution in [0.25, 0.3) is 0 Å². The van der Waals surface area contributed by atoms with Crippen LogP contribution in [-0.2, 0) is 27.1 Å². The van der Waals surface area contributed by atoms with Gasteiger partial charge in [0.15, 0.2) is 0 Å². The van der Waals surface area contributed by atoms with Gasteiger partial charge in [-0.3, -0.25) is 0 Å². The Hall–Kier alpha value is -2.20. The molecule has 2 saturated heterocycles. The fraction of sp³-hybridized carbons (Fsp3) is 0.467. The van der Waals surface area contributed by atoms with E-state index in [0.717, 1.165) is 64.6 Å². The third-order valence-corrected chi connectivity index (χ3v) is 7.08. The standard InChI is InChI=1S/C30H38O3/c1-3-29(27-23-31-27,21-13-11-19-25-15-7-5-8-16-25)33-30(4-2,28-24-32-28)22-14-12-20-26-17-9-6-10-18-26/h3-10,15-18,27-28H,1-2,11-14,19-24H2. The molecule has 4 unspecified atom stereocenters. The Morgan fingerprint density at radius 1 is 0.697 bits per heavy atom. The predicted molar refractivity (Wildman–Crippen MR) is 134 cm³/mol. The molecule has 0 N–H and O–H groups in total. The first-order valence-corrected chi connectivity index (χ1v) is 12.5. The maximum absolute atomic E-state index is 6.99. The van der Waals surface area contributed by atoms with E-state index >= 15 is 0 Å². The number of aryl methyl sites for hydroxylation is 2. The number of hydrogen-bond acceptors (Lipinski definition) is 3. The van der Waals surface area contributed by atoms with Crippen LogP contribution < -0.4 is 0 Å². The van der Waals surface area contributed by atoms with Crippen LogP contribution in [0.2, 0.25) is 0 Å². The molecule has 2 fully saturated rings. The molecule has 33 heavy (non-hydrogen) atoms. The maximum atomic E-state index is 6.99. The Morgan fingerprint density at radius 3 is 1.42 bits per heavy atom. The average Bonchev–Trinajstić information content (AvgIpc) is 3.77. The molecule has 2 aliphatic rings. The predicted octanol–water partition coefficient (Wildman–Crippen LogP) is 6.48. The number of rotatable bonds is 16. The smallest absolute Gasteiger partial charge is 0.116 e. The van der Waals surface area contributed by atoms with Crippen LogP contribution in [0.4, 0.5) is 0 Å². The summed E-state index contributed by atoms with van der Waals surface area (Å²) in [6, 6.07) is 21.4. The minimum Gasteiger partial charge on any atom is -0.370 e. The third-order valence-electron chi connectivity index (χ3n) is 7.08. The largest absolute Gasteiger partial charge is 0.370 e. The number of unbranched alkanes of at least 4 members (excludes halogenated alkanes) is 2. The van der Waals surface area contributed by atoms with Crippen molar-refractivity contribution in [3.8, 4) is 0 Å². The second kappa shape index (κ2) is 11.3. The summed E-state index contributed by atoms with van der Waals surface area (Å²) in [7, 11) is 0. The van der Waals surface area contributed by atoms with Crippen molar-refractivity contribution in [1.29, 1.82) is 0 Å². The van der Waals surface area contributed by atoms with Crippen LogP contribution in [-0.4, -0.2) is 36.6 Å². The van der Waals surface area contributed by atoms with Gasteiger partial charge in [0.25, 0.3) is 0 Å². The second-order valence-electron chi connectivity index (χ2n) is 9.45. The van der Waals surface area contributed by atoms with Gasteiger partial charge in [-0.15, -0.1) is 13.2 Å². The van der Waals surface area contributed by atoms with Gasteiger partial charge in [0.2, 0.25) is 0 Å². The first-order valence-electron chi connectivity index (χ1n) is 12.5. The molecule has 2 heterocycles. The van der Waals surface area contributed by atoms with Crippen LogP contribution in [0.3, 0.4) is 0 Å². The van der Waals surface area contributed by atoms with Gasteiger partial charge in [0.1, 0.15) is 23.4 Å². The highest BCUT2D eigenvalue weighted by Gasteiger charge is 2.54. The van der Waals surface area contributed by atoms with Crippen molar-refractivity contribution in [3.63, 3.8) is 0 Å². The average molecular weight is 447 g/mol. The maximum Gasteiger partial charge on any atom is 0.116 e. The summed E-state index contributed by atoms with van der Waals surface area (Å²) >= 11 is 0. The van der Waals surface area contributed by atoms with Crippen LogP contribution in [0.1, 0.15) is 49.7 Å². The Morgan fingerprint density at radius 2 is 1.09 bits per heavy atom. The molecule has 2 aromatic carbocycles. The van der Waals surface area contributed by atoms with Gasteiger partial charge in [-0.1, -0.05) is 72.8 Å². The summed E-state index contributed by atoms with van der Waals surface area (Å²) in [5.41, 5.74) is 1.79. The van der Waals surface area contributed by atoms with E-state index in [9.17, 15) is 0 Å². The van der Waals surface area contributed by atoms with E-state index in [1.54, 1.807) is 0 Å². The Kier molecular flexibility index (Phi) is 8.19. The van der Waals surface area contributed by atoms with Gasteiger partial charge in [0.05, 0.1) is 13.2 Å². The summed E-state index contributed by atoms with van der Waals surface area (Å²) in [6.07, 6.45) is 12.5. The summed E-state index contributed by atoms with van der Waals surface area (Å²) < 4.78 is 18.6. The van der Waals surface area contributed by atoms with Gasteiger partial charge in [-0.25, -0.2) is 0 Å². The van der Waals surface area contributed by atoms with Crippen LogP contribution in [0, 0.1) is 0 Å². The molecular weight excluding hydrogens is 408 g/mol. The quantitative estimate of drug-likeness (QED) is 0.168. The van der Waals surface area contributed by atoms with Crippen molar-refractivity contribution in [2.24, 2.45) is 0 Å². The molecule has 176 valence electrons. The lowest BCUT2D eigenvalue weighted by molar-refractivity contribution is -0.137. The molecule has 4 rings (SSSR count). The van der Waals surface area contributed by atoms with Gasteiger partial charge < -0.3 is 14.2 Å². The Labute approximate surface area is 199 Å². The SMILES string of the molecule is C=CC(CCCCc1ccccc1)(OC(C=C)(CCCCc1ccccc1)C1CO1)C1CO1. The number of hydrogen-bond donors (Lipinski definition) is 0. The normalized spacial score (nSPS) is 22.7. The van der Waals surface area contributed by atoms with Crippen molar-refractivity contribution >= 4 is 0 Å². The van der Waals surface area contributed by atoms with E-state index in [-0.39, 0.29) is 12.2 Å². The molecule has 2 aliphatic heterocycles. The summed E-state index contributed by atoms with van der Waals surface area (Å²) in [4.78, 5) is 0. The van der Waals surface area contributed by atoms with E-state index in [1.165, 1.54) is 11.1 Å². The molecular formula is C30H38O3. The van der Waals surface area contributed by atoms with Crippen molar-refractivity contribution in [2.45, 2.75) is 74.8 Å². The monoisotopic (exact) mass is 446 g/mol. The van der Waals surface area contributed by atoms with Crippen molar-refractivity contribution < 1.29 is 14.2 Å². The van der Waals surface area contributed by atoms with E-state index in [1.807, 2.05) is 12.2 Å². The third kappa shape index (κ3) is 6.44. The van der Waals surface area contributed by atoms with E-state index < -0.39 is 11.2 Å². The molecule has 0 saturated carbocycles. The zero-order chi connectivity index (χ0) is 23.0. The summed E-state index contributed by atoms with van der Waals surface area (Å²) in [5.74, 6) is 0. The molecule has 3 heteroatoms. The second-order valence-corrected chi connectivity index (χ2v) is 9.45. The first kappa shape index (κ1) is 23.9. The van der Waals surface area contributed by atoms with Crippen molar-refractivity contribution in [3.05, 3.63) is 97.1 Å². The minimum absolute atomic E-state index is 0.0779. The first-order chi connectivity index (χ1) is 16.2. The lowest BCUT2D eigenvalue weighted by atomic mass is 9.87. The number of benzene rings is 2. The Balaban J connectivity index is 1.36. The Bertz CT molecular complexity index is 798. The molecule has 0 aromatic heterocycles. The lowest BCUT2D eigenvalue weighted by Crippen LogP contribution is -2.49. The zero-order valence-electron chi connectivity index (χ0n) is 19.8. The summed E-state index contributed by atoms with van der Waals surface area (Å²) in [6.45, 7) is 9.84. The van der Waals surface area contributed by atoms with Crippen molar-refractivity contribution in [1.82, 2.24) is 0 Å². The fourth-order valence-electron chi connectivity index (χ4n) is 4.87. The van der Waals surface area contributed by atoms with Gasteiger partial charge in [0, 0.05) is 0 Å². The highest BCUT2D eigenvalue weighted by atomic mass is 16.6. The van der Waals surface area contributed by atoms with E-state index in [0.29, 0.717) is 0 Å². The van der Waals surface area contributed by atoms with Crippen molar-refractivity contribution in [2.75, 3.05) is 13.2 Å². The fourth-order valence-corrected chi connectivity index (χ4v) is 4.87. The molecule has 3 nitrogen and oxygen atoms in total. The molecule has 4 atom stereocenters. The molecule has 0 aliphatic carbocycles. The molecule has 0 radical (unpaired) electrons. The topological polar surface area (TPSA) is 34.3 Å². The number of epoxide rings is 2. The van der Waals surface area contributed by atoms with Gasteiger partial charge in [-0.2, -0.15) is 0 Å². The van der Waals surface area contributed by atoms with Gasteiger partial charge in [-0.05, 0) is 62.5 Å². The zero-order valence-corrected chi connectivity index (χ0v) is 19.8. The van der Waals surface area contributed by atoms with E-state index in [2.05, 4.69) is 73.8 Å². The van der Waals surface area contributed by atoms with Crippen LogP contribution in [0.5, 0.6) is 0 Å². The van der Waals surface area contributed by atoms with Crippen LogP contribution in [0.15, 0.2) is 86.0 Å². The lowest BCUT2D eigenvalue weighted by Gasteiger charge is -2.40. The molecule has 0 bridgehead atoms. The van der Waals surface area contributed by atoms with E-state index in [4.69, 9.17) is 14.2 Å². The highest BCUT2D eigenvalue weighted by molar-refractivity contribution is 5.17. The summed E-state index contributed by atoms with van der Waals surface area (Å²) in [5, 5.41) is 0. The molecule has 2 aromatic rings. The molecule has 0 amide bonds. The highest BCUT2D eigenvalue weighted by Crippen LogP contribution is 2.44. The minimum atomic E-state index is -0.490.